The van der Waals surface area contributed by atoms with E-state index in [-0.39, 0.29) is 11.7 Å². The van der Waals surface area contributed by atoms with Crippen LogP contribution in [0.5, 0.6) is 0 Å². The number of imidazole rings is 1. The molecule has 0 aliphatic heterocycles. The molecule has 0 aromatic carbocycles. The van der Waals surface area contributed by atoms with E-state index in [0.717, 1.165) is 6.42 Å². The molecule has 5 heteroatoms. The molecule has 0 amide bonds. The standard InChI is InChI=1S/C16H21N3O2/c1-10-6-5-7-12(11(10)2)17-15-14(16(20)21)19-9-4-3-8-13(19)18-15/h3-4,8-12,17H,5-7H2,1-2H3,(H,20,21). The number of carbonyl (C=O) groups is 1. The van der Waals surface area contributed by atoms with Gasteiger partial charge in [-0.25, -0.2) is 9.78 Å². The number of rotatable bonds is 3. The van der Waals surface area contributed by atoms with E-state index in [2.05, 4.69) is 24.1 Å². The van der Waals surface area contributed by atoms with Gasteiger partial charge in [0.05, 0.1) is 0 Å². The molecule has 1 saturated carbocycles. The van der Waals surface area contributed by atoms with Crippen LogP contribution in [0.1, 0.15) is 43.6 Å². The SMILES string of the molecule is CC1CCCC(Nc2nc3ccccn3c2C(=O)O)C1C. The Balaban J connectivity index is 1.96. The van der Waals surface area contributed by atoms with Crippen LogP contribution in [0.2, 0.25) is 0 Å². The molecule has 3 rings (SSSR count). The second kappa shape index (κ2) is 5.39. The summed E-state index contributed by atoms with van der Waals surface area (Å²) in [7, 11) is 0. The predicted octanol–water partition coefficient (Wildman–Crippen LogP) is 3.27. The molecule has 0 bridgehead atoms. The van der Waals surface area contributed by atoms with Gasteiger partial charge in [-0.2, -0.15) is 0 Å². The molecule has 2 aromatic rings. The van der Waals surface area contributed by atoms with Gasteiger partial charge in [0.15, 0.2) is 11.5 Å². The van der Waals surface area contributed by atoms with Crippen molar-refractivity contribution in [3.8, 4) is 0 Å². The van der Waals surface area contributed by atoms with E-state index in [1.54, 1.807) is 10.6 Å². The normalized spacial score (nSPS) is 25.9. The lowest BCUT2D eigenvalue weighted by atomic mass is 9.78. The molecule has 5 nitrogen and oxygen atoms in total. The van der Waals surface area contributed by atoms with Crippen LogP contribution in [0.3, 0.4) is 0 Å². The van der Waals surface area contributed by atoms with Crippen molar-refractivity contribution in [1.29, 1.82) is 0 Å². The minimum atomic E-state index is -0.951. The molecule has 3 atom stereocenters. The number of anilines is 1. The van der Waals surface area contributed by atoms with Gasteiger partial charge < -0.3 is 10.4 Å². The zero-order valence-electron chi connectivity index (χ0n) is 12.4. The molecule has 21 heavy (non-hydrogen) atoms. The number of aromatic carboxylic acids is 1. The lowest BCUT2D eigenvalue weighted by molar-refractivity contribution is 0.0690. The summed E-state index contributed by atoms with van der Waals surface area (Å²) in [6.07, 6.45) is 5.23. The van der Waals surface area contributed by atoms with Gasteiger partial charge in [0.25, 0.3) is 0 Å². The van der Waals surface area contributed by atoms with Crippen molar-refractivity contribution in [3.05, 3.63) is 30.1 Å². The first-order valence-electron chi connectivity index (χ1n) is 7.55. The Morgan fingerprint density at radius 2 is 2.19 bits per heavy atom. The van der Waals surface area contributed by atoms with Crippen molar-refractivity contribution in [3.63, 3.8) is 0 Å². The van der Waals surface area contributed by atoms with Gasteiger partial charge in [0.2, 0.25) is 0 Å². The Bertz CT molecular complexity index is 665. The van der Waals surface area contributed by atoms with Crippen molar-refractivity contribution in [2.45, 2.75) is 39.2 Å². The van der Waals surface area contributed by atoms with Gasteiger partial charge in [0, 0.05) is 12.2 Å². The Kier molecular flexibility index (Phi) is 3.57. The van der Waals surface area contributed by atoms with E-state index < -0.39 is 5.97 Å². The fourth-order valence-corrected chi connectivity index (χ4v) is 3.26. The molecular formula is C16H21N3O2. The molecule has 0 spiro atoms. The second-order valence-electron chi connectivity index (χ2n) is 6.06. The number of hydrogen-bond donors (Lipinski definition) is 2. The van der Waals surface area contributed by atoms with Gasteiger partial charge in [-0.1, -0.05) is 32.8 Å². The van der Waals surface area contributed by atoms with Crippen molar-refractivity contribution < 1.29 is 9.90 Å². The van der Waals surface area contributed by atoms with Crippen LogP contribution in [0.15, 0.2) is 24.4 Å². The maximum absolute atomic E-state index is 11.6. The van der Waals surface area contributed by atoms with Crippen LogP contribution in [-0.4, -0.2) is 26.5 Å². The second-order valence-corrected chi connectivity index (χ2v) is 6.06. The van der Waals surface area contributed by atoms with Gasteiger partial charge in [-0.05, 0) is 30.4 Å². The van der Waals surface area contributed by atoms with Crippen LogP contribution in [0.25, 0.3) is 5.65 Å². The summed E-state index contributed by atoms with van der Waals surface area (Å²) >= 11 is 0. The zero-order valence-corrected chi connectivity index (χ0v) is 12.4. The molecule has 0 saturated heterocycles. The first-order chi connectivity index (χ1) is 10.1. The van der Waals surface area contributed by atoms with Crippen molar-refractivity contribution >= 4 is 17.4 Å². The summed E-state index contributed by atoms with van der Waals surface area (Å²) in [6.45, 7) is 4.50. The number of fused-ring (bicyclic) bond motifs is 1. The Morgan fingerprint density at radius 1 is 1.38 bits per heavy atom. The third-order valence-electron chi connectivity index (χ3n) is 4.76. The third kappa shape index (κ3) is 2.48. The molecule has 2 heterocycles. The van der Waals surface area contributed by atoms with E-state index in [1.165, 1.54) is 12.8 Å². The highest BCUT2D eigenvalue weighted by atomic mass is 16.4. The highest BCUT2D eigenvalue weighted by Gasteiger charge is 2.29. The highest BCUT2D eigenvalue weighted by molar-refractivity contribution is 5.93. The summed E-state index contributed by atoms with van der Waals surface area (Å²) < 4.78 is 1.63. The van der Waals surface area contributed by atoms with Crippen LogP contribution in [-0.2, 0) is 0 Å². The molecule has 1 aliphatic rings. The third-order valence-corrected chi connectivity index (χ3v) is 4.76. The molecule has 0 radical (unpaired) electrons. The molecule has 2 aromatic heterocycles. The Hall–Kier alpha value is -2.04. The van der Waals surface area contributed by atoms with E-state index >= 15 is 0 Å². The van der Waals surface area contributed by atoms with Crippen molar-refractivity contribution in [1.82, 2.24) is 9.38 Å². The van der Waals surface area contributed by atoms with Crippen LogP contribution >= 0.6 is 0 Å². The number of pyridine rings is 1. The molecule has 3 unspecified atom stereocenters. The molecular weight excluding hydrogens is 266 g/mol. The lowest BCUT2D eigenvalue weighted by Crippen LogP contribution is -2.35. The topological polar surface area (TPSA) is 66.6 Å². The summed E-state index contributed by atoms with van der Waals surface area (Å²) in [5.41, 5.74) is 0.880. The molecule has 2 N–H and O–H groups in total. The Labute approximate surface area is 124 Å². The number of nitrogens with zero attached hydrogens (tertiary/aromatic N) is 2. The maximum atomic E-state index is 11.6. The number of carboxylic acid groups (broad SMARTS) is 1. The Morgan fingerprint density at radius 3 is 2.95 bits per heavy atom. The number of aromatic nitrogens is 2. The van der Waals surface area contributed by atoms with Gasteiger partial charge in [-0.3, -0.25) is 4.40 Å². The van der Waals surface area contributed by atoms with Crippen molar-refractivity contribution in [2.24, 2.45) is 11.8 Å². The largest absolute Gasteiger partial charge is 0.476 e. The van der Waals surface area contributed by atoms with Crippen LogP contribution in [0, 0.1) is 11.8 Å². The summed E-state index contributed by atoms with van der Waals surface area (Å²) in [5.74, 6) is 0.708. The van der Waals surface area contributed by atoms with E-state index in [1.807, 2.05) is 18.2 Å². The quantitative estimate of drug-likeness (QED) is 0.909. The fourth-order valence-electron chi connectivity index (χ4n) is 3.26. The van der Waals surface area contributed by atoms with Gasteiger partial charge >= 0.3 is 5.97 Å². The monoisotopic (exact) mass is 287 g/mol. The average Bonchev–Trinajstić information content (AvgIpc) is 2.82. The van der Waals surface area contributed by atoms with E-state index in [0.29, 0.717) is 23.3 Å². The van der Waals surface area contributed by atoms with Crippen LogP contribution in [0.4, 0.5) is 5.82 Å². The minimum Gasteiger partial charge on any atom is -0.476 e. The first-order valence-corrected chi connectivity index (χ1v) is 7.55. The maximum Gasteiger partial charge on any atom is 0.356 e. The molecule has 112 valence electrons. The first kappa shape index (κ1) is 13.9. The minimum absolute atomic E-state index is 0.219. The highest BCUT2D eigenvalue weighted by Crippen LogP contribution is 2.32. The van der Waals surface area contributed by atoms with Crippen LogP contribution < -0.4 is 5.32 Å². The average molecular weight is 287 g/mol. The number of carboxylic acids is 1. The zero-order chi connectivity index (χ0) is 15.0. The lowest BCUT2D eigenvalue weighted by Gasteiger charge is -2.34. The van der Waals surface area contributed by atoms with E-state index in [9.17, 15) is 9.90 Å². The summed E-state index contributed by atoms with van der Waals surface area (Å²) in [5, 5.41) is 12.9. The van der Waals surface area contributed by atoms with Crippen molar-refractivity contribution in [2.75, 3.05) is 5.32 Å². The molecule has 1 fully saturated rings. The van der Waals surface area contributed by atoms with Gasteiger partial charge in [0.1, 0.15) is 5.65 Å². The predicted molar refractivity (Wildman–Crippen MR) is 81.7 cm³/mol. The molecule has 1 aliphatic carbocycles. The smallest absolute Gasteiger partial charge is 0.356 e. The fraction of sp³-hybridized carbons (Fsp3) is 0.500. The number of nitrogens with one attached hydrogen (secondary N) is 1. The number of hydrogen-bond acceptors (Lipinski definition) is 3. The van der Waals surface area contributed by atoms with E-state index in [4.69, 9.17) is 0 Å². The van der Waals surface area contributed by atoms with Gasteiger partial charge in [-0.15, -0.1) is 0 Å². The summed E-state index contributed by atoms with van der Waals surface area (Å²) in [6, 6.07) is 5.79. The summed E-state index contributed by atoms with van der Waals surface area (Å²) in [4.78, 5) is 16.0.